The van der Waals surface area contributed by atoms with Crippen molar-refractivity contribution in [3.05, 3.63) is 33.8 Å². The Morgan fingerprint density at radius 1 is 1.25 bits per heavy atom. The number of alkyl halides is 3. The van der Waals surface area contributed by atoms with Gasteiger partial charge in [0.15, 0.2) is 0 Å². The van der Waals surface area contributed by atoms with E-state index in [1.54, 1.807) is 0 Å². The third-order valence-corrected chi connectivity index (χ3v) is 6.64. The summed E-state index contributed by atoms with van der Waals surface area (Å²) in [5, 5.41) is 0. The van der Waals surface area contributed by atoms with Crippen LogP contribution >= 0.6 is 63.7 Å². The van der Waals surface area contributed by atoms with E-state index in [0.29, 0.717) is 4.83 Å². The molecule has 0 radical (unpaired) electrons. The molecule has 2 rings (SSSR count). The summed E-state index contributed by atoms with van der Waals surface area (Å²) >= 11 is 14.3. The van der Waals surface area contributed by atoms with Crippen LogP contribution in [0.15, 0.2) is 22.7 Å². The Hall–Kier alpha value is 1.14. The summed E-state index contributed by atoms with van der Waals surface area (Å²) in [5.41, 5.74) is 2.63. The molecule has 1 atom stereocenters. The summed E-state index contributed by atoms with van der Waals surface area (Å²) < 4.78 is 1.05. The molecule has 0 heterocycles. The molecule has 0 aliphatic heterocycles. The van der Waals surface area contributed by atoms with Gasteiger partial charge < -0.3 is 0 Å². The van der Waals surface area contributed by atoms with Gasteiger partial charge in [-0.15, -0.1) is 0 Å². The number of hydrogen-bond acceptors (Lipinski definition) is 0. The van der Waals surface area contributed by atoms with Gasteiger partial charge in [-0.3, -0.25) is 0 Å². The standard InChI is InChI=1S/C8H4Br4/c9-4-1-2-6-5(3-4)7(10)8(6,11)12/h1-3,7H. The zero-order valence-electron chi connectivity index (χ0n) is 5.82. The first kappa shape index (κ1) is 9.69. The van der Waals surface area contributed by atoms with Gasteiger partial charge in [0.25, 0.3) is 0 Å². The van der Waals surface area contributed by atoms with Crippen molar-refractivity contribution in [2.75, 3.05) is 0 Å². The van der Waals surface area contributed by atoms with E-state index >= 15 is 0 Å². The van der Waals surface area contributed by atoms with E-state index in [-0.39, 0.29) is 3.23 Å². The lowest BCUT2D eigenvalue weighted by molar-refractivity contribution is 0.774. The van der Waals surface area contributed by atoms with Gasteiger partial charge in [-0.25, -0.2) is 0 Å². The van der Waals surface area contributed by atoms with Gasteiger partial charge in [-0.2, -0.15) is 0 Å². The van der Waals surface area contributed by atoms with Crippen LogP contribution in [0.3, 0.4) is 0 Å². The number of fused-ring (bicyclic) bond motifs is 1. The summed E-state index contributed by atoms with van der Waals surface area (Å²) in [6, 6.07) is 6.30. The summed E-state index contributed by atoms with van der Waals surface area (Å²) in [6.45, 7) is 0. The van der Waals surface area contributed by atoms with Gasteiger partial charge >= 0.3 is 0 Å². The first-order valence-corrected chi connectivity index (χ1v) is 6.65. The predicted octanol–water partition coefficient (Wildman–Crippen LogP) is 4.84. The zero-order chi connectivity index (χ0) is 8.93. The highest BCUT2D eigenvalue weighted by atomic mass is 79.9. The van der Waals surface area contributed by atoms with Gasteiger partial charge in [0.1, 0.15) is 3.23 Å². The Morgan fingerprint density at radius 3 is 2.58 bits per heavy atom. The molecule has 0 spiro atoms. The van der Waals surface area contributed by atoms with Crippen molar-refractivity contribution in [3.63, 3.8) is 0 Å². The molecule has 0 bridgehead atoms. The van der Waals surface area contributed by atoms with Gasteiger partial charge in [0.05, 0.1) is 4.83 Å². The Kier molecular flexibility index (Phi) is 2.48. The molecule has 0 saturated carbocycles. The highest BCUT2D eigenvalue weighted by Gasteiger charge is 2.46. The van der Waals surface area contributed by atoms with Crippen molar-refractivity contribution in [1.29, 1.82) is 0 Å². The third kappa shape index (κ3) is 1.26. The smallest absolute Gasteiger partial charge is 0.0810 e. The van der Waals surface area contributed by atoms with E-state index in [1.165, 1.54) is 11.1 Å². The highest BCUT2D eigenvalue weighted by Crippen LogP contribution is 2.63. The van der Waals surface area contributed by atoms with Crippen LogP contribution in [0.1, 0.15) is 16.0 Å². The van der Waals surface area contributed by atoms with Crippen LogP contribution < -0.4 is 0 Å². The maximum atomic E-state index is 3.61. The Balaban J connectivity index is 2.56. The van der Waals surface area contributed by atoms with Crippen LogP contribution in [0.5, 0.6) is 0 Å². The molecule has 0 saturated heterocycles. The molecule has 64 valence electrons. The normalized spacial score (nSPS) is 24.5. The lowest BCUT2D eigenvalue weighted by Gasteiger charge is -2.39. The lowest BCUT2D eigenvalue weighted by Crippen LogP contribution is -2.28. The van der Waals surface area contributed by atoms with Crippen molar-refractivity contribution >= 4 is 63.7 Å². The van der Waals surface area contributed by atoms with Crippen molar-refractivity contribution in [3.8, 4) is 0 Å². The third-order valence-electron chi connectivity index (χ3n) is 1.96. The minimum atomic E-state index is -0.0734. The fourth-order valence-corrected chi connectivity index (χ4v) is 3.52. The second-order valence-corrected chi connectivity index (χ2v) is 8.11. The monoisotopic (exact) mass is 416 g/mol. The molecular formula is C8H4Br4. The van der Waals surface area contributed by atoms with Gasteiger partial charge in [0.2, 0.25) is 0 Å². The van der Waals surface area contributed by atoms with E-state index in [1.807, 2.05) is 0 Å². The molecule has 0 N–H and O–H groups in total. The molecule has 0 aromatic heterocycles. The highest BCUT2D eigenvalue weighted by molar-refractivity contribution is 9.25. The van der Waals surface area contributed by atoms with Crippen LogP contribution in [0.2, 0.25) is 0 Å². The Morgan fingerprint density at radius 2 is 1.92 bits per heavy atom. The first-order chi connectivity index (χ1) is 5.53. The Bertz CT molecular complexity index is 332. The number of halogens is 4. The topological polar surface area (TPSA) is 0 Å². The van der Waals surface area contributed by atoms with Crippen LogP contribution in [0.25, 0.3) is 0 Å². The average Bonchev–Trinajstić information content (AvgIpc) is 2.03. The number of benzene rings is 1. The van der Waals surface area contributed by atoms with E-state index in [4.69, 9.17) is 0 Å². The molecule has 0 fully saturated rings. The fraction of sp³-hybridized carbons (Fsp3) is 0.250. The second-order valence-electron chi connectivity index (χ2n) is 2.72. The fourth-order valence-electron chi connectivity index (χ4n) is 1.30. The minimum absolute atomic E-state index is 0.0734. The van der Waals surface area contributed by atoms with E-state index in [9.17, 15) is 0 Å². The molecule has 1 aliphatic rings. The Labute approximate surface area is 105 Å². The van der Waals surface area contributed by atoms with Crippen molar-refractivity contribution in [2.45, 2.75) is 8.06 Å². The molecule has 1 aliphatic carbocycles. The second kappa shape index (κ2) is 3.07. The number of rotatable bonds is 0. The summed E-state index contributed by atoms with van der Waals surface area (Å²) in [5.74, 6) is 0. The quantitative estimate of drug-likeness (QED) is 0.528. The van der Waals surface area contributed by atoms with Crippen LogP contribution in [-0.2, 0) is 3.23 Å². The molecule has 0 nitrogen and oxygen atoms in total. The maximum Gasteiger partial charge on any atom is 0.122 e. The summed E-state index contributed by atoms with van der Waals surface area (Å²) in [7, 11) is 0. The van der Waals surface area contributed by atoms with E-state index < -0.39 is 0 Å². The molecule has 12 heavy (non-hydrogen) atoms. The average molecular weight is 420 g/mol. The molecule has 1 unspecified atom stereocenters. The molecule has 1 aromatic rings. The van der Waals surface area contributed by atoms with Crippen molar-refractivity contribution in [2.24, 2.45) is 0 Å². The van der Waals surface area contributed by atoms with E-state index in [0.717, 1.165) is 4.47 Å². The SMILES string of the molecule is Brc1ccc2c(c1)C(Br)C2(Br)Br. The molecule has 1 aromatic carbocycles. The summed E-state index contributed by atoms with van der Waals surface area (Å²) in [6.07, 6.45) is 0. The van der Waals surface area contributed by atoms with Crippen LogP contribution in [0.4, 0.5) is 0 Å². The molecular weight excluding hydrogens is 416 g/mol. The van der Waals surface area contributed by atoms with E-state index in [2.05, 4.69) is 81.9 Å². The molecule has 0 amide bonds. The van der Waals surface area contributed by atoms with Crippen molar-refractivity contribution in [1.82, 2.24) is 0 Å². The lowest BCUT2D eigenvalue weighted by atomic mass is 9.88. The molecule has 4 heteroatoms. The maximum absolute atomic E-state index is 3.61. The van der Waals surface area contributed by atoms with Gasteiger partial charge in [0, 0.05) is 4.47 Å². The number of hydrogen-bond donors (Lipinski definition) is 0. The first-order valence-electron chi connectivity index (χ1n) is 3.35. The zero-order valence-corrected chi connectivity index (χ0v) is 12.2. The van der Waals surface area contributed by atoms with Gasteiger partial charge in [-0.1, -0.05) is 69.8 Å². The van der Waals surface area contributed by atoms with Crippen LogP contribution in [0, 0.1) is 0 Å². The van der Waals surface area contributed by atoms with Crippen LogP contribution in [-0.4, -0.2) is 0 Å². The largest absolute Gasteiger partial charge is 0.122 e. The van der Waals surface area contributed by atoms with Gasteiger partial charge in [-0.05, 0) is 23.3 Å². The predicted molar refractivity (Wildman–Crippen MR) is 65.3 cm³/mol. The minimum Gasteiger partial charge on any atom is -0.0810 e. The summed E-state index contributed by atoms with van der Waals surface area (Å²) in [4.78, 5) is 0.345. The van der Waals surface area contributed by atoms with Crippen molar-refractivity contribution < 1.29 is 0 Å².